The predicted octanol–water partition coefficient (Wildman–Crippen LogP) is 3.23. The monoisotopic (exact) mass is 233 g/mol. The standard InChI is InChI=1S/C15H23NO/c1-5-16-13(3)12(2)10-14-6-8-15(9-7-14)11-17-4/h6-10,13,16H,5,11H2,1-4H3/b12-10+. The number of rotatable bonds is 6. The lowest BCUT2D eigenvalue weighted by atomic mass is 10.1. The Morgan fingerprint density at radius 3 is 2.53 bits per heavy atom. The summed E-state index contributed by atoms with van der Waals surface area (Å²) in [4.78, 5) is 0. The molecule has 2 heteroatoms. The van der Waals surface area contributed by atoms with Crippen molar-refractivity contribution in [3.8, 4) is 0 Å². The highest BCUT2D eigenvalue weighted by atomic mass is 16.5. The van der Waals surface area contributed by atoms with Crippen molar-refractivity contribution in [3.05, 3.63) is 41.0 Å². The van der Waals surface area contributed by atoms with Crippen molar-refractivity contribution < 1.29 is 4.74 Å². The lowest BCUT2D eigenvalue weighted by Crippen LogP contribution is -2.26. The second kappa shape index (κ2) is 7.25. The van der Waals surface area contributed by atoms with Gasteiger partial charge in [-0.05, 0) is 31.5 Å². The highest BCUT2D eigenvalue weighted by Crippen LogP contribution is 2.11. The normalized spacial score (nSPS) is 13.8. The molecule has 0 bridgehead atoms. The highest BCUT2D eigenvalue weighted by molar-refractivity contribution is 5.53. The molecule has 0 spiro atoms. The Balaban J connectivity index is 2.70. The van der Waals surface area contributed by atoms with E-state index >= 15 is 0 Å². The van der Waals surface area contributed by atoms with Crippen LogP contribution in [0.15, 0.2) is 29.8 Å². The van der Waals surface area contributed by atoms with Gasteiger partial charge in [0.25, 0.3) is 0 Å². The fourth-order valence-electron chi connectivity index (χ4n) is 1.73. The summed E-state index contributed by atoms with van der Waals surface area (Å²) >= 11 is 0. The first-order chi connectivity index (χ1) is 8.17. The van der Waals surface area contributed by atoms with E-state index in [0.29, 0.717) is 12.6 Å². The molecular formula is C15H23NO. The number of nitrogens with one attached hydrogen (secondary N) is 1. The zero-order valence-corrected chi connectivity index (χ0v) is 11.3. The quantitative estimate of drug-likeness (QED) is 0.814. The molecule has 0 aliphatic carbocycles. The van der Waals surface area contributed by atoms with Crippen molar-refractivity contribution in [3.63, 3.8) is 0 Å². The first-order valence-electron chi connectivity index (χ1n) is 6.16. The van der Waals surface area contributed by atoms with E-state index in [-0.39, 0.29) is 0 Å². The maximum atomic E-state index is 5.09. The Morgan fingerprint density at radius 1 is 1.35 bits per heavy atom. The summed E-state index contributed by atoms with van der Waals surface area (Å²) in [5.74, 6) is 0. The van der Waals surface area contributed by atoms with Gasteiger partial charge >= 0.3 is 0 Å². The van der Waals surface area contributed by atoms with Crippen LogP contribution in [0.1, 0.15) is 31.9 Å². The van der Waals surface area contributed by atoms with Gasteiger partial charge in [0.05, 0.1) is 6.61 Å². The summed E-state index contributed by atoms with van der Waals surface area (Å²) in [6.45, 7) is 8.16. The summed E-state index contributed by atoms with van der Waals surface area (Å²) in [5.41, 5.74) is 3.81. The zero-order valence-electron chi connectivity index (χ0n) is 11.3. The van der Waals surface area contributed by atoms with E-state index in [9.17, 15) is 0 Å². The van der Waals surface area contributed by atoms with Gasteiger partial charge in [-0.3, -0.25) is 0 Å². The van der Waals surface area contributed by atoms with Gasteiger partial charge in [-0.25, -0.2) is 0 Å². The molecule has 0 aromatic heterocycles. The van der Waals surface area contributed by atoms with E-state index < -0.39 is 0 Å². The van der Waals surface area contributed by atoms with E-state index in [1.807, 2.05) is 0 Å². The van der Waals surface area contributed by atoms with Crippen molar-refractivity contribution in [1.29, 1.82) is 0 Å². The maximum absolute atomic E-state index is 5.09. The second-order valence-corrected chi connectivity index (χ2v) is 4.34. The number of benzene rings is 1. The molecule has 0 saturated heterocycles. The molecule has 0 radical (unpaired) electrons. The fraction of sp³-hybridized carbons (Fsp3) is 0.467. The van der Waals surface area contributed by atoms with E-state index in [1.165, 1.54) is 16.7 Å². The van der Waals surface area contributed by atoms with Gasteiger partial charge in [-0.2, -0.15) is 0 Å². The molecule has 1 atom stereocenters. The molecule has 0 heterocycles. The molecule has 0 saturated carbocycles. The maximum Gasteiger partial charge on any atom is 0.0713 e. The van der Waals surface area contributed by atoms with Crippen LogP contribution in [0, 0.1) is 0 Å². The minimum absolute atomic E-state index is 0.429. The van der Waals surface area contributed by atoms with Crippen molar-refractivity contribution >= 4 is 6.08 Å². The number of hydrogen-bond acceptors (Lipinski definition) is 2. The van der Waals surface area contributed by atoms with Gasteiger partial charge < -0.3 is 10.1 Å². The van der Waals surface area contributed by atoms with Crippen LogP contribution < -0.4 is 5.32 Å². The highest BCUT2D eigenvalue weighted by Gasteiger charge is 2.01. The molecule has 2 nitrogen and oxygen atoms in total. The Labute approximate surface area is 105 Å². The molecule has 1 rings (SSSR count). The summed E-state index contributed by atoms with van der Waals surface area (Å²) in [7, 11) is 1.72. The Hall–Kier alpha value is -1.12. The minimum Gasteiger partial charge on any atom is -0.380 e. The fourth-order valence-corrected chi connectivity index (χ4v) is 1.73. The smallest absolute Gasteiger partial charge is 0.0713 e. The van der Waals surface area contributed by atoms with Gasteiger partial charge in [0.15, 0.2) is 0 Å². The molecule has 0 fully saturated rings. The Morgan fingerprint density at radius 2 is 2.00 bits per heavy atom. The SMILES string of the molecule is CCNC(C)/C(C)=C/c1ccc(COC)cc1. The second-order valence-electron chi connectivity index (χ2n) is 4.34. The first kappa shape index (κ1) is 13.9. The third kappa shape index (κ3) is 4.72. The van der Waals surface area contributed by atoms with Crippen molar-refractivity contribution in [2.75, 3.05) is 13.7 Å². The van der Waals surface area contributed by atoms with Crippen LogP contribution in [0.4, 0.5) is 0 Å². The van der Waals surface area contributed by atoms with E-state index in [2.05, 4.69) is 56.4 Å². The zero-order chi connectivity index (χ0) is 12.7. The molecule has 1 aromatic rings. The predicted molar refractivity (Wildman–Crippen MR) is 73.9 cm³/mol. The molecule has 1 N–H and O–H groups in total. The van der Waals surface area contributed by atoms with E-state index in [4.69, 9.17) is 4.74 Å². The van der Waals surface area contributed by atoms with Crippen LogP contribution >= 0.6 is 0 Å². The largest absolute Gasteiger partial charge is 0.380 e. The summed E-state index contributed by atoms with van der Waals surface area (Å²) in [6, 6.07) is 8.92. The van der Waals surface area contributed by atoms with E-state index in [1.54, 1.807) is 7.11 Å². The molecular weight excluding hydrogens is 210 g/mol. The van der Waals surface area contributed by atoms with Crippen LogP contribution in [-0.4, -0.2) is 19.7 Å². The third-order valence-electron chi connectivity index (χ3n) is 2.88. The minimum atomic E-state index is 0.429. The Kier molecular flexibility index (Phi) is 5.95. The molecule has 0 aliphatic heterocycles. The van der Waals surface area contributed by atoms with Crippen molar-refractivity contribution in [2.24, 2.45) is 0 Å². The van der Waals surface area contributed by atoms with Gasteiger partial charge in [0.2, 0.25) is 0 Å². The average molecular weight is 233 g/mol. The van der Waals surface area contributed by atoms with Crippen molar-refractivity contribution in [2.45, 2.75) is 33.4 Å². The third-order valence-corrected chi connectivity index (χ3v) is 2.88. The molecule has 17 heavy (non-hydrogen) atoms. The molecule has 1 aromatic carbocycles. The lowest BCUT2D eigenvalue weighted by molar-refractivity contribution is 0.185. The van der Waals surface area contributed by atoms with Crippen molar-refractivity contribution in [1.82, 2.24) is 5.32 Å². The lowest BCUT2D eigenvalue weighted by Gasteiger charge is -2.13. The van der Waals surface area contributed by atoms with Crippen LogP contribution in [0.5, 0.6) is 0 Å². The molecule has 94 valence electrons. The van der Waals surface area contributed by atoms with Gasteiger partial charge in [0.1, 0.15) is 0 Å². The molecule has 1 unspecified atom stereocenters. The van der Waals surface area contributed by atoms with Gasteiger partial charge in [-0.1, -0.05) is 42.8 Å². The molecule has 0 amide bonds. The number of methoxy groups -OCH3 is 1. The summed E-state index contributed by atoms with van der Waals surface area (Å²) < 4.78 is 5.09. The van der Waals surface area contributed by atoms with Crippen LogP contribution in [-0.2, 0) is 11.3 Å². The van der Waals surface area contributed by atoms with E-state index in [0.717, 1.165) is 6.54 Å². The van der Waals surface area contributed by atoms with Crippen LogP contribution in [0.2, 0.25) is 0 Å². The van der Waals surface area contributed by atoms with Gasteiger partial charge in [0, 0.05) is 13.2 Å². The van der Waals surface area contributed by atoms with Gasteiger partial charge in [-0.15, -0.1) is 0 Å². The number of ether oxygens (including phenoxy) is 1. The number of likely N-dealkylation sites (N-methyl/N-ethyl adjacent to an activating group) is 1. The number of hydrogen-bond donors (Lipinski definition) is 1. The Bertz CT molecular complexity index is 354. The first-order valence-corrected chi connectivity index (χ1v) is 6.16. The van der Waals surface area contributed by atoms with Crippen LogP contribution in [0.3, 0.4) is 0 Å². The summed E-state index contributed by atoms with van der Waals surface area (Å²) in [5, 5.41) is 3.41. The molecule has 0 aliphatic rings. The summed E-state index contributed by atoms with van der Waals surface area (Å²) in [6.07, 6.45) is 2.23. The van der Waals surface area contributed by atoms with Crippen LogP contribution in [0.25, 0.3) is 6.08 Å². The average Bonchev–Trinajstić information content (AvgIpc) is 2.32. The topological polar surface area (TPSA) is 21.3 Å².